The van der Waals surface area contributed by atoms with Gasteiger partial charge in [-0.2, -0.15) is 0 Å². The summed E-state index contributed by atoms with van der Waals surface area (Å²) in [5.41, 5.74) is 2.60. The molecule has 0 aromatic heterocycles. The van der Waals surface area contributed by atoms with Crippen LogP contribution in [-0.4, -0.2) is 48.8 Å². The van der Waals surface area contributed by atoms with Gasteiger partial charge in [0.1, 0.15) is 0 Å². The number of carbonyl (C=O) groups is 2. The second kappa shape index (κ2) is 10.1. The van der Waals surface area contributed by atoms with Gasteiger partial charge in [-0.1, -0.05) is 43.5 Å². The lowest BCUT2D eigenvalue weighted by atomic mass is 9.86. The summed E-state index contributed by atoms with van der Waals surface area (Å²) in [6, 6.07) is 8.77. The highest BCUT2D eigenvalue weighted by molar-refractivity contribution is 5.79. The van der Waals surface area contributed by atoms with Crippen molar-refractivity contribution in [1.29, 1.82) is 0 Å². The lowest BCUT2D eigenvalue weighted by Gasteiger charge is -2.35. The van der Waals surface area contributed by atoms with E-state index in [-0.39, 0.29) is 5.91 Å². The highest BCUT2D eigenvalue weighted by atomic mass is 16.2. The molecule has 3 rings (SSSR count). The van der Waals surface area contributed by atoms with Crippen LogP contribution in [0.1, 0.15) is 62.5 Å². The normalized spacial score (nSPS) is 18.9. The zero-order valence-corrected chi connectivity index (χ0v) is 17.7. The monoisotopic (exact) mass is 384 g/mol. The Bertz CT molecular complexity index is 639. The number of likely N-dealkylation sites (tertiary alicyclic amines) is 1. The molecule has 1 aliphatic heterocycles. The van der Waals surface area contributed by atoms with Crippen molar-refractivity contribution in [2.45, 2.75) is 64.2 Å². The topological polar surface area (TPSA) is 40.6 Å². The number of carbonyl (C=O) groups excluding carboxylic acids is 2. The van der Waals surface area contributed by atoms with E-state index in [2.05, 4.69) is 29.2 Å². The van der Waals surface area contributed by atoms with E-state index < -0.39 is 0 Å². The fourth-order valence-corrected chi connectivity index (χ4v) is 4.62. The second-order valence-corrected chi connectivity index (χ2v) is 8.91. The lowest BCUT2D eigenvalue weighted by molar-refractivity contribution is -0.138. The van der Waals surface area contributed by atoms with E-state index in [1.165, 1.54) is 30.4 Å². The highest BCUT2D eigenvalue weighted by Gasteiger charge is 2.29. The molecule has 1 aromatic rings. The van der Waals surface area contributed by atoms with Gasteiger partial charge in [0.2, 0.25) is 11.8 Å². The van der Waals surface area contributed by atoms with Gasteiger partial charge in [0.25, 0.3) is 0 Å². The molecule has 1 saturated heterocycles. The van der Waals surface area contributed by atoms with E-state index in [4.69, 9.17) is 0 Å². The first-order valence-electron chi connectivity index (χ1n) is 11.1. The summed E-state index contributed by atoms with van der Waals surface area (Å²) in [5.74, 6) is 1.59. The minimum absolute atomic E-state index is 0.179. The molecular formula is C24H36N2O2. The molecule has 2 amide bonds. The van der Waals surface area contributed by atoms with Crippen molar-refractivity contribution in [3.63, 3.8) is 0 Å². The molecule has 0 spiro atoms. The molecule has 0 N–H and O–H groups in total. The van der Waals surface area contributed by atoms with E-state index >= 15 is 0 Å². The number of aryl methyl sites for hydroxylation is 1. The Kier molecular flexibility index (Phi) is 7.52. The SMILES string of the molecule is CN(C)C(=O)CCc1ccc(CC2CCN(C(=O)C3CCCCC3)CC2)cc1. The molecule has 1 heterocycles. The second-order valence-electron chi connectivity index (χ2n) is 8.91. The van der Waals surface area contributed by atoms with E-state index in [0.717, 1.165) is 51.6 Å². The van der Waals surface area contributed by atoms with Gasteiger partial charge in [-0.3, -0.25) is 9.59 Å². The molecule has 0 atom stereocenters. The number of piperidine rings is 1. The van der Waals surface area contributed by atoms with Crippen molar-refractivity contribution in [1.82, 2.24) is 9.80 Å². The lowest BCUT2D eigenvalue weighted by Crippen LogP contribution is -2.42. The first-order valence-corrected chi connectivity index (χ1v) is 11.1. The van der Waals surface area contributed by atoms with Crippen LogP contribution in [0, 0.1) is 11.8 Å². The maximum Gasteiger partial charge on any atom is 0.225 e. The molecule has 1 saturated carbocycles. The van der Waals surface area contributed by atoms with E-state index in [1.807, 2.05) is 0 Å². The van der Waals surface area contributed by atoms with Gasteiger partial charge in [-0.05, 0) is 55.6 Å². The van der Waals surface area contributed by atoms with Crippen LogP contribution in [0.2, 0.25) is 0 Å². The molecule has 154 valence electrons. The minimum Gasteiger partial charge on any atom is -0.349 e. The van der Waals surface area contributed by atoms with Gasteiger partial charge in [0.15, 0.2) is 0 Å². The van der Waals surface area contributed by atoms with Crippen LogP contribution in [0.5, 0.6) is 0 Å². The van der Waals surface area contributed by atoms with Gasteiger partial charge in [0.05, 0.1) is 0 Å². The van der Waals surface area contributed by atoms with Crippen LogP contribution in [0.25, 0.3) is 0 Å². The number of hydrogen-bond acceptors (Lipinski definition) is 2. The van der Waals surface area contributed by atoms with E-state index in [0.29, 0.717) is 24.2 Å². The molecule has 4 heteroatoms. The Morgan fingerprint density at radius 3 is 2.14 bits per heavy atom. The first kappa shape index (κ1) is 20.9. The number of nitrogens with zero attached hydrogens (tertiary/aromatic N) is 2. The summed E-state index contributed by atoms with van der Waals surface area (Å²) in [4.78, 5) is 28.2. The van der Waals surface area contributed by atoms with Crippen molar-refractivity contribution < 1.29 is 9.59 Å². The van der Waals surface area contributed by atoms with Crippen molar-refractivity contribution in [2.75, 3.05) is 27.2 Å². The van der Waals surface area contributed by atoms with Crippen molar-refractivity contribution >= 4 is 11.8 Å². The summed E-state index contributed by atoms with van der Waals surface area (Å²) in [5, 5.41) is 0. The van der Waals surface area contributed by atoms with Gasteiger partial charge in [-0.25, -0.2) is 0 Å². The third-order valence-corrected chi connectivity index (χ3v) is 6.55. The third-order valence-electron chi connectivity index (χ3n) is 6.55. The zero-order chi connectivity index (χ0) is 19.9. The Labute approximate surface area is 170 Å². The Morgan fingerprint density at radius 1 is 0.929 bits per heavy atom. The Hall–Kier alpha value is -1.84. The fraction of sp³-hybridized carbons (Fsp3) is 0.667. The standard InChI is InChI=1S/C24H36N2O2/c1-25(2)23(27)13-12-19-8-10-20(11-9-19)18-21-14-16-26(17-15-21)24(28)22-6-4-3-5-7-22/h8-11,21-22H,3-7,12-18H2,1-2H3. The molecule has 0 unspecified atom stereocenters. The first-order chi connectivity index (χ1) is 13.5. The predicted molar refractivity (Wildman–Crippen MR) is 113 cm³/mol. The summed E-state index contributed by atoms with van der Waals surface area (Å²) >= 11 is 0. The van der Waals surface area contributed by atoms with Gasteiger partial charge in [-0.15, -0.1) is 0 Å². The number of hydrogen-bond donors (Lipinski definition) is 0. The van der Waals surface area contributed by atoms with Crippen LogP contribution >= 0.6 is 0 Å². The largest absolute Gasteiger partial charge is 0.349 e. The Balaban J connectivity index is 1.41. The maximum atomic E-state index is 12.7. The smallest absolute Gasteiger partial charge is 0.225 e. The average molecular weight is 385 g/mol. The maximum absolute atomic E-state index is 12.7. The van der Waals surface area contributed by atoms with Gasteiger partial charge in [0, 0.05) is 39.5 Å². The van der Waals surface area contributed by atoms with Crippen LogP contribution in [0.3, 0.4) is 0 Å². The summed E-state index contributed by atoms with van der Waals surface area (Å²) < 4.78 is 0. The van der Waals surface area contributed by atoms with Crippen molar-refractivity contribution in [3.8, 4) is 0 Å². The zero-order valence-electron chi connectivity index (χ0n) is 17.7. The Morgan fingerprint density at radius 2 is 1.54 bits per heavy atom. The molecular weight excluding hydrogens is 348 g/mol. The molecule has 2 fully saturated rings. The molecule has 0 radical (unpaired) electrons. The van der Waals surface area contributed by atoms with E-state index in [1.54, 1.807) is 19.0 Å². The van der Waals surface area contributed by atoms with Gasteiger partial charge < -0.3 is 9.80 Å². The molecule has 0 bridgehead atoms. The van der Waals surface area contributed by atoms with Gasteiger partial charge >= 0.3 is 0 Å². The van der Waals surface area contributed by atoms with Crippen molar-refractivity contribution in [3.05, 3.63) is 35.4 Å². The number of amides is 2. The minimum atomic E-state index is 0.179. The van der Waals surface area contributed by atoms with Crippen molar-refractivity contribution in [2.24, 2.45) is 11.8 Å². The van der Waals surface area contributed by atoms with E-state index in [9.17, 15) is 9.59 Å². The van der Waals surface area contributed by atoms with Crippen LogP contribution in [0.15, 0.2) is 24.3 Å². The number of rotatable bonds is 6. The predicted octanol–water partition coefficient (Wildman–Crippen LogP) is 4.07. The fourth-order valence-electron chi connectivity index (χ4n) is 4.62. The quantitative estimate of drug-likeness (QED) is 0.742. The number of benzene rings is 1. The summed E-state index contributed by atoms with van der Waals surface area (Å²) in [6.45, 7) is 1.87. The molecule has 1 aromatic carbocycles. The molecule has 1 aliphatic carbocycles. The van der Waals surface area contributed by atoms with Crippen LogP contribution in [-0.2, 0) is 22.4 Å². The highest BCUT2D eigenvalue weighted by Crippen LogP contribution is 2.28. The molecule has 4 nitrogen and oxygen atoms in total. The average Bonchev–Trinajstić information content (AvgIpc) is 2.73. The third kappa shape index (κ3) is 5.83. The van der Waals surface area contributed by atoms with Crippen LogP contribution < -0.4 is 0 Å². The summed E-state index contributed by atoms with van der Waals surface area (Å²) in [7, 11) is 3.61. The summed E-state index contributed by atoms with van der Waals surface area (Å²) in [6.07, 6.45) is 10.7. The van der Waals surface area contributed by atoms with Crippen LogP contribution in [0.4, 0.5) is 0 Å². The molecule has 28 heavy (non-hydrogen) atoms. The molecule has 2 aliphatic rings.